The average Bonchev–Trinajstić information content (AvgIpc) is 2.18. The van der Waals surface area contributed by atoms with Crippen LogP contribution in [-0.4, -0.2) is 20.8 Å². The summed E-state index contributed by atoms with van der Waals surface area (Å²) in [5, 5.41) is 9.55. The van der Waals surface area contributed by atoms with Crippen LogP contribution in [0.15, 0.2) is 6.33 Å². The Balaban J connectivity index is 2.83. The van der Waals surface area contributed by atoms with Crippen LogP contribution in [0.5, 0.6) is 0 Å². The molecule has 1 atom stereocenters. The lowest BCUT2D eigenvalue weighted by molar-refractivity contribution is 0.193. The van der Waals surface area contributed by atoms with Crippen molar-refractivity contribution in [3.05, 3.63) is 17.2 Å². The Morgan fingerprint density at radius 3 is 2.82 bits per heavy atom. The summed E-state index contributed by atoms with van der Waals surface area (Å²) in [7, 11) is 1.86. The second-order valence-electron chi connectivity index (χ2n) is 2.65. The second kappa shape index (κ2) is 3.24. The standard InChI is InChI=1S/C7H11ClN2O/c1-5(11)3-6-7(8)9-4-10(6)2/h4-5,11H,3H2,1-2H3. The monoisotopic (exact) mass is 174 g/mol. The molecule has 0 spiro atoms. The van der Waals surface area contributed by atoms with Crippen LogP contribution < -0.4 is 0 Å². The lowest BCUT2D eigenvalue weighted by Crippen LogP contribution is -2.08. The van der Waals surface area contributed by atoms with E-state index < -0.39 is 0 Å². The van der Waals surface area contributed by atoms with Crippen LogP contribution in [0.1, 0.15) is 12.6 Å². The Bertz CT molecular complexity index is 225. The molecule has 0 fully saturated rings. The summed E-state index contributed by atoms with van der Waals surface area (Å²) in [5.74, 6) is 0. The van der Waals surface area contributed by atoms with E-state index in [9.17, 15) is 0 Å². The van der Waals surface area contributed by atoms with Gasteiger partial charge in [0.1, 0.15) is 5.15 Å². The van der Waals surface area contributed by atoms with Crippen LogP contribution in [0.25, 0.3) is 0 Å². The molecule has 11 heavy (non-hydrogen) atoms. The first-order valence-corrected chi connectivity index (χ1v) is 3.83. The zero-order valence-corrected chi connectivity index (χ0v) is 7.34. The van der Waals surface area contributed by atoms with Gasteiger partial charge in [0.15, 0.2) is 0 Å². The van der Waals surface area contributed by atoms with Gasteiger partial charge in [-0.1, -0.05) is 11.6 Å². The van der Waals surface area contributed by atoms with Gasteiger partial charge in [0.05, 0.1) is 18.1 Å². The number of imidazole rings is 1. The second-order valence-corrected chi connectivity index (χ2v) is 3.00. The summed E-state index contributed by atoms with van der Waals surface area (Å²) in [5.41, 5.74) is 0.877. The number of hydrogen-bond acceptors (Lipinski definition) is 2. The molecule has 0 bridgehead atoms. The number of aryl methyl sites for hydroxylation is 1. The summed E-state index contributed by atoms with van der Waals surface area (Å²) in [6.45, 7) is 1.73. The smallest absolute Gasteiger partial charge is 0.150 e. The maximum absolute atomic E-state index is 9.07. The maximum Gasteiger partial charge on any atom is 0.150 e. The first-order valence-electron chi connectivity index (χ1n) is 3.45. The van der Waals surface area contributed by atoms with Crippen molar-refractivity contribution < 1.29 is 5.11 Å². The molecule has 0 radical (unpaired) electrons. The van der Waals surface area contributed by atoms with Crippen LogP contribution in [0.2, 0.25) is 5.15 Å². The average molecular weight is 175 g/mol. The lowest BCUT2D eigenvalue weighted by atomic mass is 10.2. The van der Waals surface area contributed by atoms with E-state index >= 15 is 0 Å². The highest BCUT2D eigenvalue weighted by Crippen LogP contribution is 2.13. The largest absolute Gasteiger partial charge is 0.393 e. The zero-order valence-electron chi connectivity index (χ0n) is 6.58. The fraction of sp³-hybridized carbons (Fsp3) is 0.571. The molecule has 0 aliphatic rings. The van der Waals surface area contributed by atoms with Gasteiger partial charge in [0, 0.05) is 13.5 Å². The number of rotatable bonds is 2. The highest BCUT2D eigenvalue weighted by molar-refractivity contribution is 6.30. The predicted octanol–water partition coefficient (Wildman–Crippen LogP) is 0.997. The predicted molar refractivity (Wildman–Crippen MR) is 43.6 cm³/mol. The van der Waals surface area contributed by atoms with Gasteiger partial charge in [-0.3, -0.25) is 0 Å². The van der Waals surface area contributed by atoms with Crippen molar-refractivity contribution in [2.45, 2.75) is 19.4 Å². The fourth-order valence-electron chi connectivity index (χ4n) is 0.935. The van der Waals surface area contributed by atoms with Crippen LogP contribution in [0, 0.1) is 0 Å². The van der Waals surface area contributed by atoms with Crippen LogP contribution >= 0.6 is 11.6 Å². The van der Waals surface area contributed by atoms with Gasteiger partial charge in [-0.05, 0) is 6.92 Å². The molecule has 1 unspecified atom stereocenters. The molecular weight excluding hydrogens is 164 g/mol. The van der Waals surface area contributed by atoms with Crippen molar-refractivity contribution in [3.8, 4) is 0 Å². The Hall–Kier alpha value is -0.540. The third-order valence-corrected chi connectivity index (χ3v) is 1.81. The Labute approximate surface area is 70.6 Å². The molecule has 0 aliphatic heterocycles. The molecule has 0 amide bonds. The van der Waals surface area contributed by atoms with Crippen LogP contribution in [0.4, 0.5) is 0 Å². The number of halogens is 1. The third kappa shape index (κ3) is 1.94. The summed E-state index contributed by atoms with van der Waals surface area (Å²) in [4.78, 5) is 3.89. The number of nitrogens with zero attached hydrogens (tertiary/aromatic N) is 2. The molecule has 3 nitrogen and oxygen atoms in total. The van der Waals surface area contributed by atoms with E-state index in [1.54, 1.807) is 13.3 Å². The molecule has 0 saturated heterocycles. The highest BCUT2D eigenvalue weighted by atomic mass is 35.5. The number of aliphatic hydroxyl groups excluding tert-OH is 1. The fourth-order valence-corrected chi connectivity index (χ4v) is 1.19. The van der Waals surface area contributed by atoms with E-state index in [-0.39, 0.29) is 6.10 Å². The van der Waals surface area contributed by atoms with E-state index in [2.05, 4.69) is 4.98 Å². The molecule has 1 aromatic rings. The quantitative estimate of drug-likeness (QED) is 0.727. The van der Waals surface area contributed by atoms with Gasteiger partial charge in [0.25, 0.3) is 0 Å². The van der Waals surface area contributed by atoms with Gasteiger partial charge < -0.3 is 9.67 Å². The van der Waals surface area contributed by atoms with E-state index in [1.807, 2.05) is 11.6 Å². The van der Waals surface area contributed by atoms with Crippen molar-refractivity contribution in [3.63, 3.8) is 0 Å². The summed E-state index contributed by atoms with van der Waals surface area (Å²) < 4.78 is 1.81. The van der Waals surface area contributed by atoms with Crippen molar-refractivity contribution in [1.29, 1.82) is 0 Å². The van der Waals surface area contributed by atoms with Gasteiger partial charge in [-0.15, -0.1) is 0 Å². The molecule has 0 saturated carbocycles. The number of aliphatic hydroxyl groups is 1. The molecule has 62 valence electrons. The number of aromatic nitrogens is 2. The molecule has 0 aliphatic carbocycles. The Morgan fingerprint density at radius 1 is 1.82 bits per heavy atom. The minimum atomic E-state index is -0.372. The van der Waals surface area contributed by atoms with Crippen molar-refractivity contribution in [1.82, 2.24) is 9.55 Å². The molecule has 1 aromatic heterocycles. The van der Waals surface area contributed by atoms with Crippen LogP contribution in [-0.2, 0) is 13.5 Å². The minimum absolute atomic E-state index is 0.372. The topological polar surface area (TPSA) is 38.1 Å². The minimum Gasteiger partial charge on any atom is -0.393 e. The molecule has 1 rings (SSSR count). The van der Waals surface area contributed by atoms with Gasteiger partial charge in [-0.2, -0.15) is 0 Å². The Kier molecular flexibility index (Phi) is 2.52. The van der Waals surface area contributed by atoms with Crippen molar-refractivity contribution in [2.75, 3.05) is 0 Å². The van der Waals surface area contributed by atoms with Crippen molar-refractivity contribution in [2.24, 2.45) is 7.05 Å². The third-order valence-electron chi connectivity index (χ3n) is 1.50. The van der Waals surface area contributed by atoms with E-state index in [4.69, 9.17) is 16.7 Å². The highest BCUT2D eigenvalue weighted by Gasteiger charge is 2.08. The summed E-state index contributed by atoms with van der Waals surface area (Å²) in [6.07, 6.45) is 1.82. The van der Waals surface area contributed by atoms with Gasteiger partial charge in [-0.25, -0.2) is 4.98 Å². The number of hydrogen-bond donors (Lipinski definition) is 1. The molecule has 4 heteroatoms. The normalized spacial score (nSPS) is 13.5. The van der Waals surface area contributed by atoms with E-state index in [1.165, 1.54) is 0 Å². The van der Waals surface area contributed by atoms with Gasteiger partial charge >= 0.3 is 0 Å². The summed E-state index contributed by atoms with van der Waals surface area (Å²) in [6, 6.07) is 0. The summed E-state index contributed by atoms with van der Waals surface area (Å²) >= 11 is 5.75. The first kappa shape index (κ1) is 8.56. The van der Waals surface area contributed by atoms with Crippen LogP contribution in [0.3, 0.4) is 0 Å². The SMILES string of the molecule is CC(O)Cc1c(Cl)ncn1C. The maximum atomic E-state index is 9.07. The van der Waals surface area contributed by atoms with E-state index in [0.29, 0.717) is 11.6 Å². The first-order chi connectivity index (χ1) is 5.11. The molecule has 1 N–H and O–H groups in total. The molecule has 1 heterocycles. The molecule has 0 aromatic carbocycles. The Morgan fingerprint density at radius 2 is 2.45 bits per heavy atom. The van der Waals surface area contributed by atoms with Crippen molar-refractivity contribution >= 4 is 11.6 Å². The van der Waals surface area contributed by atoms with E-state index in [0.717, 1.165) is 5.69 Å². The van der Waals surface area contributed by atoms with Gasteiger partial charge in [0.2, 0.25) is 0 Å². The zero-order chi connectivity index (χ0) is 8.43. The molecular formula is C7H11ClN2O. The lowest BCUT2D eigenvalue weighted by Gasteiger charge is -2.04.